The van der Waals surface area contributed by atoms with Gasteiger partial charge in [0, 0.05) is 37.8 Å². The van der Waals surface area contributed by atoms with Crippen LogP contribution in [0.4, 0.5) is 24.9 Å². The number of aliphatic hydroxyl groups is 2. The quantitative estimate of drug-likeness (QED) is 0.263. The topological polar surface area (TPSA) is 135 Å². The predicted octanol–water partition coefficient (Wildman–Crippen LogP) is 3.80. The average molecular weight is 561 g/mol. The second kappa shape index (κ2) is 11.8. The minimum Gasteiger partial charge on any atom is -0.405 e. The van der Waals surface area contributed by atoms with Crippen LogP contribution in [0.5, 0.6) is 5.75 Å². The van der Waals surface area contributed by atoms with Crippen LogP contribution < -0.4 is 20.7 Å². The number of aliphatic hydroxyl groups excluding tert-OH is 2. The number of hydrogen-bond donors (Lipinski definition) is 5. The molecule has 6 atom stereocenters. The highest BCUT2D eigenvalue weighted by Gasteiger charge is 2.55. The van der Waals surface area contributed by atoms with Gasteiger partial charge in [0.05, 0.1) is 12.3 Å². The van der Waals surface area contributed by atoms with Crippen LogP contribution in [-0.2, 0) is 6.54 Å². The molecule has 6 rings (SSSR count). The highest BCUT2D eigenvalue weighted by Crippen LogP contribution is 2.60. The first-order chi connectivity index (χ1) is 19.2. The highest BCUT2D eigenvalue weighted by molar-refractivity contribution is 5.53. The van der Waals surface area contributed by atoms with Crippen LogP contribution in [-0.4, -0.2) is 58.4 Å². The van der Waals surface area contributed by atoms with Gasteiger partial charge in [0.1, 0.15) is 23.2 Å². The maximum atomic E-state index is 12.8. The lowest BCUT2D eigenvalue weighted by atomic mass is 9.48. The number of benzene rings is 1. The van der Waals surface area contributed by atoms with Crippen molar-refractivity contribution in [1.82, 2.24) is 15.3 Å². The van der Waals surface area contributed by atoms with Crippen molar-refractivity contribution in [2.75, 3.05) is 30.3 Å². The Balaban J connectivity index is 1.23. The number of nitrogens with zero attached hydrogens (tertiary/aromatic N) is 3. The Morgan fingerprint density at radius 1 is 1.15 bits per heavy atom. The third kappa shape index (κ3) is 6.59. The van der Waals surface area contributed by atoms with Crippen molar-refractivity contribution in [2.45, 2.75) is 63.6 Å². The molecule has 5 N–H and O–H groups in total. The van der Waals surface area contributed by atoms with E-state index < -0.39 is 12.5 Å². The fraction of sp³-hybridized carbons (Fsp3) is 0.607. The fourth-order valence-electron chi connectivity index (χ4n) is 7.27. The molecule has 2 aromatic rings. The first-order valence-corrected chi connectivity index (χ1v) is 13.8. The highest BCUT2D eigenvalue weighted by atomic mass is 19.4. The summed E-state index contributed by atoms with van der Waals surface area (Å²) in [4.78, 5) is 8.65. The summed E-state index contributed by atoms with van der Waals surface area (Å²) in [5.41, 5.74) is 0.689. The monoisotopic (exact) mass is 560 g/mol. The average Bonchev–Trinajstić information content (AvgIpc) is 2.90. The second-order valence-corrected chi connectivity index (χ2v) is 11.5. The molecule has 4 fully saturated rings. The molecule has 4 bridgehead atoms. The number of nitrogens with one attached hydrogen (secondary N) is 3. The van der Waals surface area contributed by atoms with E-state index >= 15 is 0 Å². The summed E-state index contributed by atoms with van der Waals surface area (Å²) in [5.74, 6) is 2.00. The lowest BCUT2D eigenvalue weighted by Crippen LogP contribution is -2.60. The Kier molecular flexibility index (Phi) is 8.35. The van der Waals surface area contributed by atoms with E-state index in [1.807, 2.05) is 0 Å². The Labute approximate surface area is 231 Å². The van der Waals surface area contributed by atoms with Gasteiger partial charge in [-0.25, -0.2) is 4.98 Å². The molecule has 216 valence electrons. The molecule has 0 amide bonds. The van der Waals surface area contributed by atoms with Crippen molar-refractivity contribution < 1.29 is 28.1 Å². The normalized spacial score (nSPS) is 27.7. The van der Waals surface area contributed by atoms with Gasteiger partial charge in [-0.15, -0.1) is 13.2 Å². The molecule has 1 aromatic carbocycles. The number of hydrogen-bond acceptors (Lipinski definition) is 9. The van der Waals surface area contributed by atoms with Crippen molar-refractivity contribution in [2.24, 2.45) is 23.2 Å². The SMILES string of the molecule is N#Cc1cnc(NCc2ccccc2OC(F)(F)F)nc1NC[C@]12CC3C[C@H](C1)[C@@H](NCC(O)CCO)[C@@H](C3)C2. The number of alkyl halides is 3. The number of rotatable bonds is 12. The lowest BCUT2D eigenvalue weighted by Gasteiger charge is -2.60. The number of halogens is 3. The molecule has 2 unspecified atom stereocenters. The van der Waals surface area contributed by atoms with E-state index in [-0.39, 0.29) is 30.3 Å². The Morgan fingerprint density at radius 2 is 1.90 bits per heavy atom. The van der Waals surface area contributed by atoms with Gasteiger partial charge in [-0.2, -0.15) is 10.2 Å². The Bertz CT molecular complexity index is 1210. The summed E-state index contributed by atoms with van der Waals surface area (Å²) in [7, 11) is 0. The van der Waals surface area contributed by atoms with Crippen LogP contribution in [0.3, 0.4) is 0 Å². The van der Waals surface area contributed by atoms with Gasteiger partial charge in [-0.3, -0.25) is 0 Å². The molecular formula is C28H35F3N6O3. The standard InChI is InChI=1S/C28H35F3N6O3/c29-28(30,31)40-23-4-2-1-3-18(23)13-34-26-35-14-21(12-32)25(37-26)36-16-27-9-17-7-19(10-27)24(20(8-17)11-27)33-15-22(39)5-6-38/h1-4,14,17,19-20,22,24,33,38-39H,5-11,13,15-16H2,(H2,34,35,36,37)/t17?,19-,20+,22?,24-,27-. The summed E-state index contributed by atoms with van der Waals surface area (Å²) in [5, 5.41) is 38.7. The van der Waals surface area contributed by atoms with E-state index in [2.05, 4.69) is 36.7 Å². The zero-order valence-electron chi connectivity index (χ0n) is 22.1. The number of para-hydroxylation sites is 1. The van der Waals surface area contributed by atoms with E-state index in [9.17, 15) is 23.5 Å². The van der Waals surface area contributed by atoms with Crippen molar-refractivity contribution in [3.63, 3.8) is 0 Å². The molecule has 1 heterocycles. The van der Waals surface area contributed by atoms with Gasteiger partial charge < -0.3 is 30.9 Å². The summed E-state index contributed by atoms with van der Waals surface area (Å²) >= 11 is 0. The second-order valence-electron chi connectivity index (χ2n) is 11.5. The number of ether oxygens (including phenoxy) is 1. The summed E-state index contributed by atoms with van der Waals surface area (Å²) in [6.45, 7) is 1.14. The molecule has 0 aliphatic heterocycles. The summed E-state index contributed by atoms with van der Waals surface area (Å²) in [6.07, 6.45) is 2.02. The zero-order valence-corrected chi connectivity index (χ0v) is 22.1. The van der Waals surface area contributed by atoms with E-state index in [4.69, 9.17) is 5.11 Å². The van der Waals surface area contributed by atoms with Crippen molar-refractivity contribution >= 4 is 11.8 Å². The number of anilines is 2. The first kappa shape index (κ1) is 28.4. The van der Waals surface area contributed by atoms with Gasteiger partial charge in [-0.05, 0) is 67.8 Å². The van der Waals surface area contributed by atoms with E-state index in [0.29, 0.717) is 60.3 Å². The van der Waals surface area contributed by atoms with Crippen LogP contribution in [0.15, 0.2) is 30.5 Å². The molecule has 0 saturated heterocycles. The van der Waals surface area contributed by atoms with E-state index in [1.165, 1.54) is 37.2 Å². The van der Waals surface area contributed by atoms with Crippen molar-refractivity contribution in [3.05, 3.63) is 41.6 Å². The summed E-state index contributed by atoms with van der Waals surface area (Å²) < 4.78 is 42.4. The Morgan fingerprint density at radius 3 is 2.60 bits per heavy atom. The van der Waals surface area contributed by atoms with Gasteiger partial charge in [0.25, 0.3) is 0 Å². The Hall–Kier alpha value is -3.14. The van der Waals surface area contributed by atoms with Crippen LogP contribution in [0.2, 0.25) is 0 Å². The number of aromatic nitrogens is 2. The molecule has 12 heteroatoms. The maximum Gasteiger partial charge on any atom is 0.573 e. The van der Waals surface area contributed by atoms with Gasteiger partial charge in [-0.1, -0.05) is 18.2 Å². The number of nitriles is 1. The molecule has 1 aromatic heterocycles. The van der Waals surface area contributed by atoms with E-state index in [1.54, 1.807) is 6.07 Å². The van der Waals surface area contributed by atoms with Crippen molar-refractivity contribution in [3.8, 4) is 11.8 Å². The fourth-order valence-corrected chi connectivity index (χ4v) is 7.27. The van der Waals surface area contributed by atoms with Crippen molar-refractivity contribution in [1.29, 1.82) is 5.26 Å². The molecule has 4 aliphatic carbocycles. The van der Waals surface area contributed by atoms with Crippen LogP contribution in [0, 0.1) is 34.5 Å². The lowest BCUT2D eigenvalue weighted by molar-refractivity contribution is -0.274. The summed E-state index contributed by atoms with van der Waals surface area (Å²) in [6, 6.07) is 8.35. The third-order valence-electron chi connectivity index (χ3n) is 8.63. The molecular weight excluding hydrogens is 525 g/mol. The minimum absolute atomic E-state index is 0.00790. The zero-order chi connectivity index (χ0) is 28.3. The van der Waals surface area contributed by atoms with Gasteiger partial charge in [0.2, 0.25) is 5.95 Å². The molecule has 40 heavy (non-hydrogen) atoms. The molecule has 0 spiro atoms. The van der Waals surface area contributed by atoms with Gasteiger partial charge in [0.15, 0.2) is 0 Å². The third-order valence-corrected chi connectivity index (χ3v) is 8.63. The smallest absolute Gasteiger partial charge is 0.405 e. The van der Waals surface area contributed by atoms with E-state index in [0.717, 1.165) is 19.3 Å². The molecule has 9 nitrogen and oxygen atoms in total. The largest absolute Gasteiger partial charge is 0.573 e. The maximum absolute atomic E-state index is 12.8. The predicted molar refractivity (Wildman–Crippen MR) is 141 cm³/mol. The molecule has 4 aliphatic rings. The van der Waals surface area contributed by atoms with Crippen LogP contribution in [0.25, 0.3) is 0 Å². The van der Waals surface area contributed by atoms with Crippen LogP contribution in [0.1, 0.15) is 49.7 Å². The van der Waals surface area contributed by atoms with Gasteiger partial charge >= 0.3 is 6.36 Å². The molecule has 4 saturated carbocycles. The molecule has 0 radical (unpaired) electrons. The van der Waals surface area contributed by atoms with Crippen LogP contribution >= 0.6 is 0 Å². The first-order valence-electron chi connectivity index (χ1n) is 13.8. The minimum atomic E-state index is -4.80.